The van der Waals surface area contributed by atoms with Gasteiger partial charge in [-0.25, -0.2) is 8.42 Å². The fourth-order valence-corrected chi connectivity index (χ4v) is 3.10. The maximum atomic E-state index is 12.4. The van der Waals surface area contributed by atoms with Crippen molar-refractivity contribution in [3.05, 3.63) is 91.7 Å². The Balaban J connectivity index is 2.28. The fraction of sp³-hybridized carbons (Fsp3) is 0. The number of benzene rings is 2. The molecule has 3 nitrogen and oxygen atoms in total. The zero-order valence-electron chi connectivity index (χ0n) is 12.0. The van der Waals surface area contributed by atoms with Crippen LogP contribution in [0.15, 0.2) is 102 Å². The monoisotopic (exact) mass is 312 g/mol. The molecule has 2 aromatic carbocycles. The third-order valence-electron chi connectivity index (χ3n) is 2.91. The summed E-state index contributed by atoms with van der Waals surface area (Å²) in [7, 11) is -3.51. The maximum Gasteiger partial charge on any atom is 0.206 e. The molecule has 0 unspecified atom stereocenters. The van der Waals surface area contributed by atoms with E-state index in [1.807, 2.05) is 0 Å². The van der Waals surface area contributed by atoms with Crippen molar-refractivity contribution in [2.75, 3.05) is 0 Å². The van der Waals surface area contributed by atoms with Crippen LogP contribution in [0.25, 0.3) is 0 Å². The van der Waals surface area contributed by atoms with Gasteiger partial charge in [-0.15, -0.1) is 0 Å². The van der Waals surface area contributed by atoms with Crippen LogP contribution in [0.3, 0.4) is 0 Å². The van der Waals surface area contributed by atoms with E-state index in [-0.39, 0.29) is 9.79 Å². The van der Waals surface area contributed by atoms with Gasteiger partial charge < -0.3 is 4.74 Å². The lowest BCUT2D eigenvalue weighted by Crippen LogP contribution is -2.01. The standard InChI is InChI=1S/C18H16O3S/c1-3-8-15(4-2)21-16-11-13-18(14-12-16)22(19,20)17-9-6-5-7-10-17/h3-14H,1-2H2/b15-8+. The quantitative estimate of drug-likeness (QED) is 0.594. The first kappa shape index (κ1) is 15.8. The van der Waals surface area contributed by atoms with E-state index in [1.165, 1.54) is 12.1 Å². The molecule has 0 aromatic heterocycles. The summed E-state index contributed by atoms with van der Waals surface area (Å²) in [6.45, 7) is 7.22. The summed E-state index contributed by atoms with van der Waals surface area (Å²) in [5.41, 5.74) is 0. The van der Waals surface area contributed by atoms with Crippen molar-refractivity contribution < 1.29 is 13.2 Å². The van der Waals surface area contributed by atoms with Gasteiger partial charge in [-0.2, -0.15) is 0 Å². The normalized spacial score (nSPS) is 11.7. The molecule has 0 aliphatic carbocycles. The largest absolute Gasteiger partial charge is 0.457 e. The Kier molecular flexibility index (Phi) is 4.96. The summed E-state index contributed by atoms with van der Waals surface area (Å²) in [6, 6.07) is 14.6. The highest BCUT2D eigenvalue weighted by atomic mass is 32.2. The molecular formula is C18H16O3S. The average molecular weight is 312 g/mol. The van der Waals surface area contributed by atoms with E-state index in [2.05, 4.69) is 13.2 Å². The zero-order chi connectivity index (χ0) is 16.0. The van der Waals surface area contributed by atoms with Crippen molar-refractivity contribution in [1.29, 1.82) is 0 Å². The van der Waals surface area contributed by atoms with Crippen LogP contribution in [0, 0.1) is 0 Å². The van der Waals surface area contributed by atoms with Gasteiger partial charge in [-0.05, 0) is 48.6 Å². The first-order valence-electron chi connectivity index (χ1n) is 6.61. The summed E-state index contributed by atoms with van der Waals surface area (Å²) < 4.78 is 30.4. The van der Waals surface area contributed by atoms with Crippen LogP contribution in [-0.4, -0.2) is 8.42 Å². The van der Waals surface area contributed by atoms with E-state index in [4.69, 9.17) is 4.74 Å². The smallest absolute Gasteiger partial charge is 0.206 e. The second-order valence-corrected chi connectivity index (χ2v) is 6.35. The van der Waals surface area contributed by atoms with Crippen molar-refractivity contribution >= 4 is 9.84 Å². The molecule has 0 aliphatic rings. The molecule has 0 atom stereocenters. The van der Waals surface area contributed by atoms with Crippen LogP contribution in [0.5, 0.6) is 5.75 Å². The van der Waals surface area contributed by atoms with E-state index in [0.717, 1.165) is 0 Å². The molecule has 0 radical (unpaired) electrons. The first-order valence-corrected chi connectivity index (χ1v) is 8.09. The molecule has 0 heterocycles. The molecular weight excluding hydrogens is 296 g/mol. The Morgan fingerprint density at radius 2 is 1.50 bits per heavy atom. The lowest BCUT2D eigenvalue weighted by Gasteiger charge is -2.08. The fourth-order valence-electron chi connectivity index (χ4n) is 1.82. The molecule has 0 spiro atoms. The van der Waals surface area contributed by atoms with Gasteiger partial charge in [-0.3, -0.25) is 0 Å². The number of sulfone groups is 1. The van der Waals surface area contributed by atoms with E-state index in [1.54, 1.807) is 60.7 Å². The second kappa shape index (κ2) is 6.91. The number of ether oxygens (including phenoxy) is 1. The van der Waals surface area contributed by atoms with Gasteiger partial charge >= 0.3 is 0 Å². The van der Waals surface area contributed by atoms with Crippen molar-refractivity contribution in [3.8, 4) is 5.75 Å². The maximum absolute atomic E-state index is 12.4. The van der Waals surface area contributed by atoms with E-state index >= 15 is 0 Å². The van der Waals surface area contributed by atoms with Gasteiger partial charge in [0.15, 0.2) is 0 Å². The molecule has 112 valence electrons. The summed E-state index contributed by atoms with van der Waals surface area (Å²) >= 11 is 0. The first-order chi connectivity index (χ1) is 10.6. The highest BCUT2D eigenvalue weighted by Crippen LogP contribution is 2.23. The molecule has 2 rings (SSSR count). The van der Waals surface area contributed by atoms with Crippen LogP contribution in [0.4, 0.5) is 0 Å². The molecule has 22 heavy (non-hydrogen) atoms. The van der Waals surface area contributed by atoms with Gasteiger partial charge in [0, 0.05) is 0 Å². The van der Waals surface area contributed by atoms with Crippen LogP contribution in [-0.2, 0) is 9.84 Å². The SMILES string of the molecule is C=C/C=C(\C=C)Oc1ccc(S(=O)(=O)c2ccccc2)cc1. The Hall–Kier alpha value is -2.59. The molecule has 0 N–H and O–H groups in total. The molecule has 0 bridgehead atoms. The minimum absolute atomic E-state index is 0.221. The van der Waals surface area contributed by atoms with Crippen molar-refractivity contribution in [2.45, 2.75) is 9.79 Å². The van der Waals surface area contributed by atoms with E-state index < -0.39 is 9.84 Å². The van der Waals surface area contributed by atoms with Crippen LogP contribution in [0.2, 0.25) is 0 Å². The minimum Gasteiger partial charge on any atom is -0.457 e. The van der Waals surface area contributed by atoms with Gasteiger partial charge in [-0.1, -0.05) is 37.4 Å². The zero-order valence-corrected chi connectivity index (χ0v) is 12.8. The Labute approximate surface area is 130 Å². The summed E-state index contributed by atoms with van der Waals surface area (Å²) in [5.74, 6) is 1.06. The minimum atomic E-state index is -3.51. The topological polar surface area (TPSA) is 43.4 Å². The highest BCUT2D eigenvalue weighted by molar-refractivity contribution is 7.91. The number of rotatable bonds is 6. The summed E-state index contributed by atoms with van der Waals surface area (Å²) in [6.07, 6.45) is 4.81. The lowest BCUT2D eigenvalue weighted by atomic mass is 10.3. The number of allylic oxidation sites excluding steroid dienone is 3. The molecule has 2 aromatic rings. The summed E-state index contributed by atoms with van der Waals surface area (Å²) in [4.78, 5) is 0.487. The van der Waals surface area contributed by atoms with E-state index in [9.17, 15) is 8.42 Å². The Bertz CT molecular complexity index is 786. The van der Waals surface area contributed by atoms with Crippen LogP contribution >= 0.6 is 0 Å². The lowest BCUT2D eigenvalue weighted by molar-refractivity contribution is 0.444. The van der Waals surface area contributed by atoms with Gasteiger partial charge in [0.2, 0.25) is 9.84 Å². The van der Waals surface area contributed by atoms with Crippen molar-refractivity contribution in [3.63, 3.8) is 0 Å². The number of hydrogen-bond acceptors (Lipinski definition) is 3. The predicted octanol–water partition coefficient (Wildman–Crippen LogP) is 4.15. The third kappa shape index (κ3) is 3.54. The van der Waals surface area contributed by atoms with Crippen molar-refractivity contribution in [1.82, 2.24) is 0 Å². The molecule has 4 heteroatoms. The van der Waals surface area contributed by atoms with Gasteiger partial charge in [0.1, 0.15) is 11.5 Å². The van der Waals surface area contributed by atoms with Gasteiger partial charge in [0.05, 0.1) is 9.79 Å². The van der Waals surface area contributed by atoms with Crippen molar-refractivity contribution in [2.24, 2.45) is 0 Å². The Morgan fingerprint density at radius 3 is 2.05 bits per heavy atom. The Morgan fingerprint density at radius 1 is 0.909 bits per heavy atom. The van der Waals surface area contributed by atoms with Gasteiger partial charge in [0.25, 0.3) is 0 Å². The third-order valence-corrected chi connectivity index (χ3v) is 4.69. The molecule has 0 amide bonds. The predicted molar refractivity (Wildman–Crippen MR) is 87.4 cm³/mol. The highest BCUT2D eigenvalue weighted by Gasteiger charge is 2.16. The molecule has 0 fully saturated rings. The van der Waals surface area contributed by atoms with Crippen LogP contribution < -0.4 is 4.74 Å². The molecule has 0 saturated heterocycles. The molecule has 0 aliphatic heterocycles. The summed E-state index contributed by atoms with van der Waals surface area (Å²) in [5, 5.41) is 0. The number of hydrogen-bond donors (Lipinski definition) is 0. The second-order valence-electron chi connectivity index (χ2n) is 4.40. The van der Waals surface area contributed by atoms with Crippen LogP contribution in [0.1, 0.15) is 0 Å². The average Bonchev–Trinajstić information content (AvgIpc) is 2.55. The molecule has 0 saturated carbocycles. The van der Waals surface area contributed by atoms with E-state index in [0.29, 0.717) is 11.5 Å².